The van der Waals surface area contributed by atoms with Gasteiger partial charge in [-0.3, -0.25) is 9.89 Å². The number of nitrogens with zero attached hydrogens (tertiary/aromatic N) is 1. The first-order chi connectivity index (χ1) is 13.8. The van der Waals surface area contributed by atoms with Crippen molar-refractivity contribution in [2.45, 2.75) is 13.1 Å². The van der Waals surface area contributed by atoms with Gasteiger partial charge in [0.25, 0.3) is 5.91 Å². The molecule has 0 aliphatic rings. The maximum Gasteiger partial charge on any atom is 0.416 e. The fraction of sp³-hybridized carbons (Fsp3) is 0.0909. The van der Waals surface area contributed by atoms with Gasteiger partial charge in [0.05, 0.1) is 17.3 Å². The van der Waals surface area contributed by atoms with Crippen LogP contribution in [0.15, 0.2) is 66.9 Å². The molecule has 1 amide bonds. The van der Waals surface area contributed by atoms with E-state index in [1.54, 1.807) is 12.3 Å². The molecule has 0 fully saturated rings. The summed E-state index contributed by atoms with van der Waals surface area (Å²) in [5, 5.41) is 10.6. The number of aromatic nitrogens is 2. The first-order valence-corrected chi connectivity index (χ1v) is 8.84. The van der Waals surface area contributed by atoms with E-state index in [0.29, 0.717) is 5.69 Å². The summed E-state index contributed by atoms with van der Waals surface area (Å²) in [7, 11) is 0. The maximum atomic E-state index is 12.9. The van der Waals surface area contributed by atoms with Crippen LogP contribution >= 0.6 is 0 Å². The molecule has 0 unspecified atom stereocenters. The molecule has 0 atom stereocenters. The molecule has 2 N–H and O–H groups in total. The minimum Gasteiger partial charge on any atom is -0.322 e. The summed E-state index contributed by atoms with van der Waals surface area (Å²) < 4.78 is 38.7. The predicted octanol–water partition coefficient (Wildman–Crippen LogP) is 5.81. The lowest BCUT2D eigenvalue weighted by Gasteiger charge is -2.12. The van der Waals surface area contributed by atoms with Crippen molar-refractivity contribution in [2.75, 3.05) is 5.32 Å². The Hall–Kier alpha value is -3.61. The van der Waals surface area contributed by atoms with E-state index < -0.39 is 17.6 Å². The molecule has 1 aromatic heterocycles. The Kier molecular flexibility index (Phi) is 4.58. The molecule has 0 spiro atoms. The Morgan fingerprint density at radius 2 is 1.76 bits per heavy atom. The Labute approximate surface area is 164 Å². The highest BCUT2D eigenvalue weighted by Crippen LogP contribution is 2.30. The van der Waals surface area contributed by atoms with E-state index in [4.69, 9.17) is 0 Å². The highest BCUT2D eigenvalue weighted by Gasteiger charge is 2.30. The number of fused-ring (bicyclic) bond motifs is 1. The molecular formula is C22H16F3N3O. The van der Waals surface area contributed by atoms with Gasteiger partial charge in [0, 0.05) is 16.6 Å². The molecule has 0 saturated carbocycles. The molecule has 29 heavy (non-hydrogen) atoms. The quantitative estimate of drug-likeness (QED) is 0.460. The molecule has 0 radical (unpaired) electrons. The van der Waals surface area contributed by atoms with E-state index in [-0.39, 0.29) is 5.56 Å². The number of nitrogens with one attached hydrogen (secondary N) is 2. The van der Waals surface area contributed by atoms with E-state index in [0.717, 1.165) is 39.7 Å². The number of carbonyl (C=O) groups is 1. The summed E-state index contributed by atoms with van der Waals surface area (Å²) in [5.41, 5.74) is 3.11. The summed E-state index contributed by atoms with van der Waals surface area (Å²) in [6, 6.07) is 15.8. The second-order valence-electron chi connectivity index (χ2n) is 6.73. The van der Waals surface area contributed by atoms with Crippen LogP contribution in [0.5, 0.6) is 0 Å². The minimum absolute atomic E-state index is 0.0523. The number of carbonyl (C=O) groups excluding carboxylic acids is 1. The van der Waals surface area contributed by atoms with E-state index in [9.17, 15) is 18.0 Å². The van der Waals surface area contributed by atoms with Crippen LogP contribution in [0.3, 0.4) is 0 Å². The van der Waals surface area contributed by atoms with Crippen LogP contribution in [0, 0.1) is 6.92 Å². The summed E-state index contributed by atoms with van der Waals surface area (Å²) in [5.74, 6) is -0.597. The van der Waals surface area contributed by atoms with Crippen LogP contribution < -0.4 is 5.32 Å². The van der Waals surface area contributed by atoms with Crippen molar-refractivity contribution in [1.29, 1.82) is 0 Å². The van der Waals surface area contributed by atoms with Crippen LogP contribution in [0.4, 0.5) is 18.9 Å². The number of anilines is 1. The third-order valence-electron chi connectivity index (χ3n) is 4.71. The van der Waals surface area contributed by atoms with Crippen LogP contribution in [0.25, 0.3) is 22.0 Å². The number of alkyl halides is 3. The number of halogens is 3. The third kappa shape index (κ3) is 3.85. The van der Waals surface area contributed by atoms with E-state index in [2.05, 4.69) is 15.5 Å². The zero-order chi connectivity index (χ0) is 20.6. The first kappa shape index (κ1) is 18.7. The van der Waals surface area contributed by atoms with Gasteiger partial charge in [-0.05, 0) is 53.9 Å². The van der Waals surface area contributed by atoms with Crippen molar-refractivity contribution in [2.24, 2.45) is 0 Å². The molecular weight excluding hydrogens is 379 g/mol. The summed E-state index contributed by atoms with van der Waals surface area (Å²) >= 11 is 0. The molecule has 0 bridgehead atoms. The Bertz CT molecular complexity index is 1210. The predicted molar refractivity (Wildman–Crippen MR) is 106 cm³/mol. The molecule has 4 aromatic rings. The lowest BCUT2D eigenvalue weighted by Crippen LogP contribution is -2.14. The van der Waals surface area contributed by atoms with Crippen molar-refractivity contribution in [3.63, 3.8) is 0 Å². The average Bonchev–Trinajstić information content (AvgIpc) is 3.17. The van der Waals surface area contributed by atoms with Gasteiger partial charge in [-0.25, -0.2) is 0 Å². The summed E-state index contributed by atoms with van der Waals surface area (Å²) in [6.45, 7) is 1.82. The zero-order valence-electron chi connectivity index (χ0n) is 15.3. The van der Waals surface area contributed by atoms with Crippen molar-refractivity contribution in [3.05, 3.63) is 83.6 Å². The van der Waals surface area contributed by atoms with E-state index >= 15 is 0 Å². The van der Waals surface area contributed by atoms with E-state index in [1.165, 1.54) is 12.1 Å². The SMILES string of the molecule is Cc1ccc(-c2ccc3cn[nH]c3c2)cc1NC(=O)c1cccc(C(F)(F)F)c1. The number of aryl methyl sites for hydroxylation is 1. The Morgan fingerprint density at radius 1 is 1.00 bits per heavy atom. The zero-order valence-corrected chi connectivity index (χ0v) is 15.3. The fourth-order valence-corrected chi connectivity index (χ4v) is 3.08. The van der Waals surface area contributed by atoms with Crippen LogP contribution in [0.2, 0.25) is 0 Å². The number of rotatable bonds is 3. The molecule has 7 heteroatoms. The van der Waals surface area contributed by atoms with Gasteiger partial charge in [-0.15, -0.1) is 0 Å². The van der Waals surface area contributed by atoms with Gasteiger partial charge in [0.1, 0.15) is 0 Å². The number of aromatic amines is 1. The van der Waals surface area contributed by atoms with Gasteiger partial charge in [-0.2, -0.15) is 18.3 Å². The molecule has 0 saturated heterocycles. The van der Waals surface area contributed by atoms with Gasteiger partial charge in [0.2, 0.25) is 0 Å². The second-order valence-corrected chi connectivity index (χ2v) is 6.73. The molecule has 3 aromatic carbocycles. The highest BCUT2D eigenvalue weighted by atomic mass is 19.4. The number of H-pyrrole nitrogens is 1. The van der Waals surface area contributed by atoms with Gasteiger partial charge < -0.3 is 5.32 Å². The van der Waals surface area contributed by atoms with Gasteiger partial charge in [-0.1, -0.05) is 30.3 Å². The molecule has 146 valence electrons. The molecule has 0 aliphatic carbocycles. The highest BCUT2D eigenvalue weighted by molar-refractivity contribution is 6.05. The Balaban J connectivity index is 1.63. The average molecular weight is 395 g/mol. The number of benzene rings is 3. The monoisotopic (exact) mass is 395 g/mol. The number of hydrogen-bond acceptors (Lipinski definition) is 2. The molecule has 0 aliphatic heterocycles. The molecule has 4 rings (SSSR count). The molecule has 4 nitrogen and oxygen atoms in total. The fourth-order valence-electron chi connectivity index (χ4n) is 3.08. The van der Waals surface area contributed by atoms with Crippen molar-refractivity contribution in [1.82, 2.24) is 10.2 Å². The summed E-state index contributed by atoms with van der Waals surface area (Å²) in [6.07, 6.45) is -2.77. The summed E-state index contributed by atoms with van der Waals surface area (Å²) in [4.78, 5) is 12.5. The smallest absolute Gasteiger partial charge is 0.322 e. The largest absolute Gasteiger partial charge is 0.416 e. The van der Waals surface area contributed by atoms with Crippen LogP contribution in [0.1, 0.15) is 21.5 Å². The van der Waals surface area contributed by atoms with Crippen molar-refractivity contribution in [3.8, 4) is 11.1 Å². The maximum absolute atomic E-state index is 12.9. The normalized spacial score (nSPS) is 11.6. The number of hydrogen-bond donors (Lipinski definition) is 2. The molecule has 1 heterocycles. The van der Waals surface area contributed by atoms with Crippen LogP contribution in [-0.4, -0.2) is 16.1 Å². The Morgan fingerprint density at radius 3 is 2.55 bits per heavy atom. The van der Waals surface area contributed by atoms with E-state index in [1.807, 2.05) is 37.3 Å². The lowest BCUT2D eigenvalue weighted by molar-refractivity contribution is -0.137. The van der Waals surface area contributed by atoms with Gasteiger partial charge >= 0.3 is 6.18 Å². The van der Waals surface area contributed by atoms with Crippen LogP contribution in [-0.2, 0) is 6.18 Å². The second kappa shape index (κ2) is 7.09. The topological polar surface area (TPSA) is 57.8 Å². The minimum atomic E-state index is -4.50. The van der Waals surface area contributed by atoms with Crippen molar-refractivity contribution < 1.29 is 18.0 Å². The standard InChI is InChI=1S/C22H16F3N3O/c1-13-5-6-14(15-7-8-17-12-26-28-20(17)11-15)10-19(13)27-21(29)16-3-2-4-18(9-16)22(23,24)25/h2-12H,1H3,(H,26,28)(H,27,29). The van der Waals surface area contributed by atoms with Crippen molar-refractivity contribution >= 4 is 22.5 Å². The third-order valence-corrected chi connectivity index (χ3v) is 4.71. The first-order valence-electron chi connectivity index (χ1n) is 8.84. The lowest BCUT2D eigenvalue weighted by atomic mass is 10.0. The van der Waals surface area contributed by atoms with Gasteiger partial charge in [0.15, 0.2) is 0 Å². The number of amides is 1.